The third-order valence-electron chi connectivity index (χ3n) is 2.11. The number of aromatic nitrogens is 3. The van der Waals surface area contributed by atoms with E-state index in [2.05, 4.69) is 26.2 Å². The maximum atomic E-state index is 5.73. The first-order valence-corrected chi connectivity index (χ1v) is 4.56. The Morgan fingerprint density at radius 3 is 3.23 bits per heavy atom. The molecule has 0 saturated heterocycles. The van der Waals surface area contributed by atoms with E-state index in [1.165, 1.54) is 0 Å². The zero-order chi connectivity index (χ0) is 9.26. The largest absolute Gasteiger partial charge is 0.315 e. The minimum absolute atomic E-state index is 0.674. The molecule has 0 aliphatic carbocycles. The van der Waals surface area contributed by atoms with Crippen LogP contribution in [-0.4, -0.2) is 32.8 Å². The molecule has 70 valence electrons. The minimum Gasteiger partial charge on any atom is -0.315 e. The van der Waals surface area contributed by atoms with E-state index in [-0.39, 0.29) is 0 Å². The Labute approximate surface area is 81.8 Å². The molecule has 4 nitrogen and oxygen atoms in total. The van der Waals surface area contributed by atoms with Crippen LogP contribution in [0.5, 0.6) is 0 Å². The number of rotatable bonds is 2. The molecule has 0 amide bonds. The number of fused-ring (bicyclic) bond motifs is 1. The molecule has 0 saturated carbocycles. The van der Waals surface area contributed by atoms with Gasteiger partial charge in [0.15, 0.2) is 0 Å². The molecular formula is C8H11ClN4. The van der Waals surface area contributed by atoms with Crippen molar-refractivity contribution in [3.05, 3.63) is 23.8 Å². The van der Waals surface area contributed by atoms with E-state index in [9.17, 15) is 0 Å². The Morgan fingerprint density at radius 1 is 1.62 bits per heavy atom. The first-order valence-electron chi connectivity index (χ1n) is 4.18. The first kappa shape index (κ1) is 8.72. The second-order valence-corrected chi connectivity index (χ2v) is 3.70. The van der Waals surface area contributed by atoms with Crippen LogP contribution < -0.4 is 0 Å². The molecule has 1 aliphatic heterocycles. The highest BCUT2D eigenvalue weighted by molar-refractivity contribution is 6.29. The summed E-state index contributed by atoms with van der Waals surface area (Å²) in [6, 6.07) is 0. The van der Waals surface area contributed by atoms with Crippen molar-refractivity contribution in [3.8, 4) is 0 Å². The summed E-state index contributed by atoms with van der Waals surface area (Å²) in [6.45, 7) is 7.14. The third kappa shape index (κ3) is 1.89. The van der Waals surface area contributed by atoms with Gasteiger partial charge in [0, 0.05) is 24.7 Å². The van der Waals surface area contributed by atoms with E-state index in [4.69, 9.17) is 11.6 Å². The van der Waals surface area contributed by atoms with E-state index in [0.29, 0.717) is 5.03 Å². The molecule has 0 fully saturated rings. The Balaban J connectivity index is 2.04. The highest BCUT2D eigenvalue weighted by Crippen LogP contribution is 2.11. The fourth-order valence-electron chi connectivity index (χ4n) is 1.49. The first-order chi connectivity index (χ1) is 6.25. The second-order valence-electron chi connectivity index (χ2n) is 3.17. The summed E-state index contributed by atoms with van der Waals surface area (Å²) < 4.78 is 2.06. The molecule has 2 rings (SSSR count). The molecule has 1 aromatic heterocycles. The summed E-state index contributed by atoms with van der Waals surface area (Å²) in [5, 5.41) is 8.54. The van der Waals surface area contributed by atoms with Crippen LogP contribution in [0.25, 0.3) is 0 Å². The topological polar surface area (TPSA) is 34.0 Å². The lowest BCUT2D eigenvalue weighted by atomic mass is 10.3. The average Bonchev–Trinajstić information content (AvgIpc) is 2.49. The summed E-state index contributed by atoms with van der Waals surface area (Å²) in [5.74, 6) is 1.00. The Morgan fingerprint density at radius 2 is 2.46 bits per heavy atom. The Hall–Kier alpha value is -0.870. The smallest absolute Gasteiger partial charge is 0.147 e. The molecule has 1 aromatic rings. The molecule has 0 aromatic carbocycles. The predicted molar refractivity (Wildman–Crippen MR) is 50.3 cm³/mol. The summed E-state index contributed by atoms with van der Waals surface area (Å²) in [6.07, 6.45) is 1.77. The Kier molecular flexibility index (Phi) is 2.33. The van der Waals surface area contributed by atoms with Crippen molar-refractivity contribution >= 4 is 11.6 Å². The van der Waals surface area contributed by atoms with Crippen LogP contribution in [0.1, 0.15) is 5.82 Å². The van der Waals surface area contributed by atoms with Gasteiger partial charge in [-0.05, 0) is 0 Å². The zero-order valence-corrected chi connectivity index (χ0v) is 8.04. The van der Waals surface area contributed by atoms with Gasteiger partial charge in [-0.2, -0.15) is 0 Å². The van der Waals surface area contributed by atoms with Crippen molar-refractivity contribution < 1.29 is 0 Å². The SMILES string of the molecule is C=C(Cl)CN1CCn2cnnc2C1. The van der Waals surface area contributed by atoms with Gasteiger partial charge in [-0.25, -0.2) is 0 Å². The Bertz CT molecular complexity index is 320. The fourth-order valence-corrected chi connectivity index (χ4v) is 1.66. The summed E-state index contributed by atoms with van der Waals surface area (Å²) >= 11 is 5.73. The number of hydrogen-bond acceptors (Lipinski definition) is 3. The third-order valence-corrected chi connectivity index (χ3v) is 2.23. The maximum absolute atomic E-state index is 5.73. The van der Waals surface area contributed by atoms with Crippen molar-refractivity contribution in [1.82, 2.24) is 19.7 Å². The van der Waals surface area contributed by atoms with Gasteiger partial charge >= 0.3 is 0 Å². The van der Waals surface area contributed by atoms with Gasteiger partial charge in [-0.1, -0.05) is 18.2 Å². The summed E-state index contributed by atoms with van der Waals surface area (Å²) in [5.41, 5.74) is 0. The zero-order valence-electron chi connectivity index (χ0n) is 7.28. The predicted octanol–water partition coefficient (Wildman–Crippen LogP) is 0.846. The average molecular weight is 199 g/mol. The van der Waals surface area contributed by atoms with Gasteiger partial charge in [0.2, 0.25) is 0 Å². The summed E-state index contributed by atoms with van der Waals surface area (Å²) in [7, 11) is 0. The summed E-state index contributed by atoms with van der Waals surface area (Å²) in [4.78, 5) is 2.21. The van der Waals surface area contributed by atoms with Crippen LogP contribution in [0.15, 0.2) is 17.9 Å². The molecule has 0 bridgehead atoms. The van der Waals surface area contributed by atoms with E-state index in [1.54, 1.807) is 6.33 Å². The van der Waals surface area contributed by atoms with E-state index < -0.39 is 0 Å². The maximum Gasteiger partial charge on any atom is 0.147 e. The van der Waals surface area contributed by atoms with Crippen LogP contribution in [0, 0.1) is 0 Å². The molecular weight excluding hydrogens is 188 g/mol. The number of halogens is 1. The number of hydrogen-bond donors (Lipinski definition) is 0. The van der Waals surface area contributed by atoms with Crippen LogP contribution in [0.2, 0.25) is 0 Å². The number of nitrogens with zero attached hydrogens (tertiary/aromatic N) is 4. The van der Waals surface area contributed by atoms with Gasteiger partial charge in [-0.15, -0.1) is 10.2 Å². The van der Waals surface area contributed by atoms with Gasteiger partial charge < -0.3 is 4.57 Å². The highest BCUT2D eigenvalue weighted by Gasteiger charge is 2.16. The van der Waals surface area contributed by atoms with Gasteiger partial charge in [0.1, 0.15) is 12.2 Å². The van der Waals surface area contributed by atoms with Crippen molar-refractivity contribution in [3.63, 3.8) is 0 Å². The van der Waals surface area contributed by atoms with Crippen LogP contribution in [-0.2, 0) is 13.1 Å². The van der Waals surface area contributed by atoms with Crippen LogP contribution in [0.3, 0.4) is 0 Å². The molecule has 13 heavy (non-hydrogen) atoms. The van der Waals surface area contributed by atoms with Crippen LogP contribution >= 0.6 is 11.6 Å². The monoisotopic (exact) mass is 198 g/mol. The van der Waals surface area contributed by atoms with Crippen molar-refractivity contribution in [2.75, 3.05) is 13.1 Å². The molecule has 5 heteroatoms. The van der Waals surface area contributed by atoms with Crippen molar-refractivity contribution in [2.45, 2.75) is 13.1 Å². The molecule has 0 atom stereocenters. The lowest BCUT2D eigenvalue weighted by molar-refractivity contribution is 0.237. The van der Waals surface area contributed by atoms with Gasteiger partial charge in [0.05, 0.1) is 6.54 Å². The molecule has 0 radical (unpaired) electrons. The molecule has 2 heterocycles. The standard InChI is InChI=1S/C8H11ClN4/c1-7(9)4-12-2-3-13-6-10-11-8(13)5-12/h6H,1-5H2. The minimum atomic E-state index is 0.674. The second kappa shape index (κ2) is 3.47. The fraction of sp³-hybridized carbons (Fsp3) is 0.500. The van der Waals surface area contributed by atoms with E-state index >= 15 is 0 Å². The van der Waals surface area contributed by atoms with Gasteiger partial charge in [-0.3, -0.25) is 4.90 Å². The van der Waals surface area contributed by atoms with E-state index in [1.807, 2.05) is 0 Å². The highest BCUT2D eigenvalue weighted by atomic mass is 35.5. The molecule has 0 spiro atoms. The van der Waals surface area contributed by atoms with Crippen molar-refractivity contribution in [2.24, 2.45) is 0 Å². The lowest BCUT2D eigenvalue weighted by Crippen LogP contribution is -2.34. The van der Waals surface area contributed by atoms with Crippen LogP contribution in [0.4, 0.5) is 0 Å². The van der Waals surface area contributed by atoms with E-state index in [0.717, 1.165) is 32.0 Å². The lowest BCUT2D eigenvalue weighted by Gasteiger charge is -2.26. The van der Waals surface area contributed by atoms with Gasteiger partial charge in [0.25, 0.3) is 0 Å². The molecule has 0 N–H and O–H groups in total. The normalized spacial score (nSPS) is 17.0. The molecule has 0 unspecified atom stereocenters. The molecule has 1 aliphatic rings. The quantitative estimate of drug-likeness (QED) is 0.707. The van der Waals surface area contributed by atoms with Crippen molar-refractivity contribution in [1.29, 1.82) is 0 Å².